The zero-order valence-electron chi connectivity index (χ0n) is 10.5. The van der Waals surface area contributed by atoms with Crippen LogP contribution in [0, 0.1) is 5.92 Å². The van der Waals surface area contributed by atoms with Crippen LogP contribution in [0.2, 0.25) is 0 Å². The number of nitrogens with one attached hydrogen (secondary N) is 1. The molecule has 0 unspecified atom stereocenters. The highest BCUT2D eigenvalue weighted by Gasteiger charge is 2.41. The molecule has 0 aromatic rings. The Balaban J connectivity index is 2.50. The van der Waals surface area contributed by atoms with Crippen LogP contribution in [0.4, 0.5) is 0 Å². The highest BCUT2D eigenvalue weighted by atomic mass is 16.4. The Morgan fingerprint density at radius 3 is 2.35 bits per heavy atom. The smallest absolute Gasteiger partial charge is 0.305 e. The summed E-state index contributed by atoms with van der Waals surface area (Å²) in [7, 11) is 0. The molecule has 0 bridgehead atoms. The average Bonchev–Trinajstić information content (AvgIpc) is 2.12. The fourth-order valence-corrected chi connectivity index (χ4v) is 2.21. The molecule has 5 nitrogen and oxygen atoms in total. The third-order valence-electron chi connectivity index (χ3n) is 3.25. The number of aliphatic carboxylic acids is 1. The first-order valence-electron chi connectivity index (χ1n) is 6.14. The van der Waals surface area contributed by atoms with Crippen LogP contribution in [-0.2, 0) is 9.59 Å². The first-order chi connectivity index (χ1) is 7.84. The molecule has 1 fully saturated rings. The lowest BCUT2D eigenvalue weighted by Crippen LogP contribution is -2.58. The zero-order valence-corrected chi connectivity index (χ0v) is 10.5. The monoisotopic (exact) mass is 242 g/mol. The zero-order chi connectivity index (χ0) is 13.1. The summed E-state index contributed by atoms with van der Waals surface area (Å²) in [5, 5.41) is 11.7. The molecule has 1 saturated carbocycles. The molecule has 98 valence electrons. The van der Waals surface area contributed by atoms with E-state index in [4.69, 9.17) is 10.8 Å². The maximum Gasteiger partial charge on any atom is 0.305 e. The van der Waals surface area contributed by atoms with Crippen molar-refractivity contribution < 1.29 is 14.7 Å². The predicted molar refractivity (Wildman–Crippen MR) is 64.4 cm³/mol. The Labute approximate surface area is 102 Å². The molecule has 0 spiro atoms. The maximum atomic E-state index is 11.8. The van der Waals surface area contributed by atoms with Crippen LogP contribution in [0.15, 0.2) is 0 Å². The lowest BCUT2D eigenvalue weighted by molar-refractivity contribution is -0.140. The number of amides is 1. The average molecular weight is 242 g/mol. The molecular formula is C12H22N2O3. The molecule has 1 aliphatic rings. The Morgan fingerprint density at radius 1 is 1.41 bits per heavy atom. The Bertz CT molecular complexity index is 298. The number of hydrogen-bond acceptors (Lipinski definition) is 3. The molecule has 1 aliphatic carbocycles. The largest absolute Gasteiger partial charge is 0.481 e. The van der Waals surface area contributed by atoms with E-state index in [9.17, 15) is 9.59 Å². The van der Waals surface area contributed by atoms with Crippen LogP contribution in [0.25, 0.3) is 0 Å². The van der Waals surface area contributed by atoms with Crippen molar-refractivity contribution in [2.24, 2.45) is 11.7 Å². The lowest BCUT2D eigenvalue weighted by Gasteiger charge is -2.42. The highest BCUT2D eigenvalue weighted by molar-refractivity contribution is 5.83. The van der Waals surface area contributed by atoms with E-state index in [1.807, 2.05) is 13.8 Å². The fraction of sp³-hybridized carbons (Fsp3) is 0.833. The van der Waals surface area contributed by atoms with Crippen LogP contribution in [0.5, 0.6) is 0 Å². The molecule has 1 amide bonds. The summed E-state index contributed by atoms with van der Waals surface area (Å²) in [6.07, 6.45) is 3.05. The molecule has 0 aliphatic heterocycles. The standard InChI is InChI=1S/C12H22N2O3/c1-8(2)6-9(13)11(17)14-12(4-3-5-12)7-10(15)16/h8-9H,3-7,13H2,1-2H3,(H,14,17)(H,15,16)/t9-/m1/s1. The molecule has 5 heteroatoms. The molecule has 0 saturated heterocycles. The Kier molecular flexibility index (Phi) is 4.51. The molecule has 1 atom stereocenters. The fourth-order valence-electron chi connectivity index (χ4n) is 2.21. The van der Waals surface area contributed by atoms with E-state index in [2.05, 4.69) is 5.32 Å². The molecule has 1 rings (SSSR count). The van der Waals surface area contributed by atoms with Gasteiger partial charge >= 0.3 is 5.97 Å². The highest BCUT2D eigenvalue weighted by Crippen LogP contribution is 2.35. The number of rotatable bonds is 6. The van der Waals surface area contributed by atoms with Crippen molar-refractivity contribution in [3.05, 3.63) is 0 Å². The lowest BCUT2D eigenvalue weighted by atomic mass is 9.74. The van der Waals surface area contributed by atoms with E-state index in [0.717, 1.165) is 19.3 Å². The molecule has 0 aromatic carbocycles. The summed E-state index contributed by atoms with van der Waals surface area (Å²) >= 11 is 0. The van der Waals surface area contributed by atoms with E-state index in [1.165, 1.54) is 0 Å². The van der Waals surface area contributed by atoms with E-state index in [-0.39, 0.29) is 12.3 Å². The topological polar surface area (TPSA) is 92.4 Å². The quantitative estimate of drug-likeness (QED) is 0.644. The number of carbonyl (C=O) groups excluding carboxylic acids is 1. The molecular weight excluding hydrogens is 220 g/mol. The van der Waals surface area contributed by atoms with Crippen molar-refractivity contribution in [3.8, 4) is 0 Å². The minimum absolute atomic E-state index is 0.00681. The van der Waals surface area contributed by atoms with Crippen LogP contribution >= 0.6 is 0 Å². The van der Waals surface area contributed by atoms with E-state index in [0.29, 0.717) is 12.3 Å². The second kappa shape index (κ2) is 5.49. The summed E-state index contributed by atoms with van der Waals surface area (Å²) in [5.41, 5.74) is 5.23. The van der Waals surface area contributed by atoms with E-state index in [1.54, 1.807) is 0 Å². The van der Waals surface area contributed by atoms with Gasteiger partial charge in [0.1, 0.15) is 0 Å². The van der Waals surface area contributed by atoms with Crippen molar-refractivity contribution >= 4 is 11.9 Å². The minimum atomic E-state index is -0.873. The maximum absolute atomic E-state index is 11.8. The van der Waals surface area contributed by atoms with Crippen molar-refractivity contribution in [3.63, 3.8) is 0 Å². The van der Waals surface area contributed by atoms with Gasteiger partial charge in [-0.3, -0.25) is 9.59 Å². The van der Waals surface area contributed by atoms with Gasteiger partial charge in [-0.1, -0.05) is 13.8 Å². The number of carbonyl (C=O) groups is 2. The van der Waals surface area contributed by atoms with Crippen molar-refractivity contribution in [2.75, 3.05) is 0 Å². The summed E-state index contributed by atoms with van der Waals surface area (Å²) in [6, 6.07) is -0.540. The predicted octanol–water partition coefficient (Wildman–Crippen LogP) is 0.873. The van der Waals surface area contributed by atoms with Crippen LogP contribution in [-0.4, -0.2) is 28.6 Å². The summed E-state index contributed by atoms with van der Waals surface area (Å²) in [4.78, 5) is 22.6. The van der Waals surface area contributed by atoms with Gasteiger partial charge in [0, 0.05) is 0 Å². The Hall–Kier alpha value is -1.10. The van der Waals surface area contributed by atoms with Crippen molar-refractivity contribution in [1.82, 2.24) is 5.32 Å². The van der Waals surface area contributed by atoms with Crippen molar-refractivity contribution in [1.29, 1.82) is 0 Å². The van der Waals surface area contributed by atoms with Crippen LogP contribution in [0.3, 0.4) is 0 Å². The summed E-state index contributed by atoms with van der Waals surface area (Å²) < 4.78 is 0. The summed E-state index contributed by atoms with van der Waals surface area (Å²) in [6.45, 7) is 4.01. The molecule has 17 heavy (non-hydrogen) atoms. The van der Waals surface area contributed by atoms with Gasteiger partial charge in [-0.25, -0.2) is 0 Å². The number of carboxylic acids is 1. The SMILES string of the molecule is CC(C)C[C@@H](N)C(=O)NC1(CC(=O)O)CCC1. The third kappa shape index (κ3) is 4.00. The van der Waals surface area contributed by atoms with Gasteiger partial charge in [-0.2, -0.15) is 0 Å². The van der Waals surface area contributed by atoms with Gasteiger partial charge in [0.25, 0.3) is 0 Å². The molecule has 0 radical (unpaired) electrons. The van der Waals surface area contributed by atoms with E-state index >= 15 is 0 Å². The van der Waals surface area contributed by atoms with Crippen molar-refractivity contribution in [2.45, 2.75) is 57.5 Å². The second-order valence-corrected chi connectivity index (χ2v) is 5.43. The van der Waals surface area contributed by atoms with Gasteiger partial charge in [0.05, 0.1) is 18.0 Å². The van der Waals surface area contributed by atoms with E-state index < -0.39 is 17.6 Å². The normalized spacial score (nSPS) is 19.5. The van der Waals surface area contributed by atoms with Gasteiger partial charge < -0.3 is 16.2 Å². The summed E-state index contributed by atoms with van der Waals surface area (Å²) in [5.74, 6) is -0.741. The number of hydrogen-bond donors (Lipinski definition) is 3. The molecule has 0 heterocycles. The first-order valence-corrected chi connectivity index (χ1v) is 6.14. The first kappa shape index (κ1) is 14.0. The van der Waals surface area contributed by atoms with Gasteiger partial charge in [-0.05, 0) is 31.6 Å². The number of nitrogens with two attached hydrogens (primary N) is 1. The molecule has 0 aromatic heterocycles. The second-order valence-electron chi connectivity index (χ2n) is 5.43. The van der Waals surface area contributed by atoms with Gasteiger partial charge in [-0.15, -0.1) is 0 Å². The van der Waals surface area contributed by atoms with Gasteiger partial charge in [0.2, 0.25) is 5.91 Å². The minimum Gasteiger partial charge on any atom is -0.481 e. The molecule has 4 N–H and O–H groups in total. The van der Waals surface area contributed by atoms with Crippen LogP contribution in [0.1, 0.15) is 46.0 Å². The Morgan fingerprint density at radius 2 is 2.00 bits per heavy atom. The number of carboxylic acid groups (broad SMARTS) is 1. The van der Waals surface area contributed by atoms with Gasteiger partial charge in [0.15, 0.2) is 0 Å². The van der Waals surface area contributed by atoms with Crippen LogP contribution < -0.4 is 11.1 Å². The third-order valence-corrected chi connectivity index (χ3v) is 3.25.